The number of methoxy groups -OCH3 is 1. The average Bonchev–Trinajstić information content (AvgIpc) is 2.72. The van der Waals surface area contributed by atoms with E-state index in [2.05, 4.69) is 4.72 Å². The number of hydrogen-bond acceptors (Lipinski definition) is 4. The van der Waals surface area contributed by atoms with Crippen LogP contribution in [-0.4, -0.2) is 39.4 Å². The molecule has 0 bridgehead atoms. The number of para-hydroxylation sites is 1. The van der Waals surface area contributed by atoms with Gasteiger partial charge in [-0.3, -0.25) is 4.79 Å². The van der Waals surface area contributed by atoms with E-state index < -0.39 is 10.0 Å². The van der Waals surface area contributed by atoms with E-state index >= 15 is 0 Å². The molecular weight excluding hydrogens is 364 g/mol. The smallest absolute Gasteiger partial charge is 0.253 e. The van der Waals surface area contributed by atoms with Crippen molar-refractivity contribution in [1.82, 2.24) is 9.62 Å². The van der Waals surface area contributed by atoms with Crippen LogP contribution in [0.15, 0.2) is 53.4 Å². The summed E-state index contributed by atoms with van der Waals surface area (Å²) < 4.78 is 32.9. The lowest BCUT2D eigenvalue weighted by molar-refractivity contribution is 0.0724. The van der Waals surface area contributed by atoms with Crippen molar-refractivity contribution in [3.8, 4) is 5.75 Å². The highest BCUT2D eigenvalue weighted by molar-refractivity contribution is 7.89. The number of rotatable bonds is 6. The van der Waals surface area contributed by atoms with Crippen LogP contribution in [0.5, 0.6) is 5.75 Å². The van der Waals surface area contributed by atoms with Crippen LogP contribution in [0.3, 0.4) is 0 Å². The number of benzene rings is 2. The highest BCUT2D eigenvalue weighted by Crippen LogP contribution is 2.19. The van der Waals surface area contributed by atoms with E-state index in [-0.39, 0.29) is 17.3 Å². The van der Waals surface area contributed by atoms with Gasteiger partial charge >= 0.3 is 0 Å². The molecule has 7 heteroatoms. The van der Waals surface area contributed by atoms with E-state index in [1.807, 2.05) is 23.1 Å². The lowest BCUT2D eigenvalue weighted by atomic mass is 10.1. The number of piperidine rings is 1. The van der Waals surface area contributed by atoms with Crippen molar-refractivity contribution in [2.24, 2.45) is 0 Å². The van der Waals surface area contributed by atoms with Crippen molar-refractivity contribution in [3.63, 3.8) is 0 Å². The Labute approximate surface area is 160 Å². The summed E-state index contributed by atoms with van der Waals surface area (Å²) in [7, 11) is -2.13. The number of amides is 1. The molecule has 0 aromatic heterocycles. The quantitative estimate of drug-likeness (QED) is 0.826. The normalized spacial score (nSPS) is 14.8. The molecule has 6 nitrogen and oxygen atoms in total. The van der Waals surface area contributed by atoms with Gasteiger partial charge in [0.1, 0.15) is 5.75 Å². The Hall–Kier alpha value is -2.38. The van der Waals surface area contributed by atoms with Gasteiger partial charge in [-0.15, -0.1) is 0 Å². The van der Waals surface area contributed by atoms with Gasteiger partial charge in [0.2, 0.25) is 10.0 Å². The lowest BCUT2D eigenvalue weighted by Gasteiger charge is -2.26. The van der Waals surface area contributed by atoms with Gasteiger partial charge in [-0.05, 0) is 49.6 Å². The standard InChI is InChI=1S/C20H24N2O4S/c1-26-19-8-4-3-7-17(19)15-21-27(24,25)18-11-9-16(10-12-18)20(23)22-13-5-2-6-14-22/h3-4,7-12,21H,2,5-6,13-15H2,1H3. The zero-order chi connectivity index (χ0) is 19.3. The molecule has 0 spiro atoms. The Morgan fingerprint density at radius 2 is 1.70 bits per heavy atom. The highest BCUT2D eigenvalue weighted by Gasteiger charge is 2.20. The third-order valence-electron chi connectivity index (χ3n) is 4.70. The molecule has 1 N–H and O–H groups in total. The first kappa shape index (κ1) is 19.4. The molecule has 0 unspecified atom stereocenters. The molecule has 144 valence electrons. The minimum atomic E-state index is -3.68. The molecular formula is C20H24N2O4S. The van der Waals surface area contributed by atoms with E-state index in [1.54, 1.807) is 25.3 Å². The van der Waals surface area contributed by atoms with Crippen LogP contribution in [0, 0.1) is 0 Å². The predicted octanol–water partition coefficient (Wildman–Crippen LogP) is 2.80. The second-order valence-corrected chi connectivity index (χ2v) is 8.28. The molecule has 27 heavy (non-hydrogen) atoms. The van der Waals surface area contributed by atoms with Crippen molar-refractivity contribution in [3.05, 3.63) is 59.7 Å². The van der Waals surface area contributed by atoms with Crippen LogP contribution in [0.25, 0.3) is 0 Å². The van der Waals surface area contributed by atoms with E-state index in [4.69, 9.17) is 4.74 Å². The van der Waals surface area contributed by atoms with E-state index in [0.717, 1.165) is 37.9 Å². The third-order valence-corrected chi connectivity index (χ3v) is 6.12. The number of nitrogens with zero attached hydrogens (tertiary/aromatic N) is 1. The van der Waals surface area contributed by atoms with Gasteiger partial charge in [0.05, 0.1) is 12.0 Å². The maximum absolute atomic E-state index is 12.5. The monoisotopic (exact) mass is 388 g/mol. The minimum absolute atomic E-state index is 0.0411. The molecule has 1 heterocycles. The van der Waals surface area contributed by atoms with Crippen LogP contribution >= 0.6 is 0 Å². The third kappa shape index (κ3) is 4.67. The summed E-state index contributed by atoms with van der Waals surface area (Å²) in [6.07, 6.45) is 3.19. The lowest BCUT2D eigenvalue weighted by Crippen LogP contribution is -2.35. The van der Waals surface area contributed by atoms with Crippen LogP contribution in [-0.2, 0) is 16.6 Å². The molecule has 2 aromatic rings. The molecule has 1 amide bonds. The number of sulfonamides is 1. The van der Waals surface area contributed by atoms with Crippen molar-refractivity contribution < 1.29 is 17.9 Å². The van der Waals surface area contributed by atoms with Gasteiger partial charge in [0.25, 0.3) is 5.91 Å². The van der Waals surface area contributed by atoms with Gasteiger partial charge in [-0.25, -0.2) is 13.1 Å². The molecule has 1 aliphatic heterocycles. The predicted molar refractivity (Wildman–Crippen MR) is 103 cm³/mol. The van der Waals surface area contributed by atoms with Crippen molar-refractivity contribution in [2.45, 2.75) is 30.7 Å². The molecule has 2 aromatic carbocycles. The number of likely N-dealkylation sites (tertiary alicyclic amines) is 1. The molecule has 0 aliphatic carbocycles. The molecule has 0 saturated carbocycles. The van der Waals surface area contributed by atoms with Gasteiger partial charge in [0, 0.05) is 30.8 Å². The first-order chi connectivity index (χ1) is 13.0. The summed E-state index contributed by atoms with van der Waals surface area (Å²) in [4.78, 5) is 14.4. The number of hydrogen-bond donors (Lipinski definition) is 1. The van der Waals surface area contributed by atoms with Gasteiger partial charge < -0.3 is 9.64 Å². The second kappa shape index (κ2) is 8.54. The maximum Gasteiger partial charge on any atom is 0.253 e. The zero-order valence-corrected chi connectivity index (χ0v) is 16.2. The number of carbonyl (C=O) groups is 1. The topological polar surface area (TPSA) is 75.7 Å². The molecule has 0 atom stereocenters. The Morgan fingerprint density at radius 3 is 2.37 bits per heavy atom. The summed E-state index contributed by atoms with van der Waals surface area (Å²) in [5.41, 5.74) is 1.26. The molecule has 1 saturated heterocycles. The van der Waals surface area contributed by atoms with Gasteiger partial charge in [-0.2, -0.15) is 0 Å². The summed E-state index contributed by atoms with van der Waals surface area (Å²) in [6.45, 7) is 1.65. The van der Waals surface area contributed by atoms with E-state index in [1.165, 1.54) is 12.1 Å². The fourth-order valence-electron chi connectivity index (χ4n) is 3.16. The number of nitrogens with one attached hydrogen (secondary N) is 1. The summed E-state index contributed by atoms with van der Waals surface area (Å²) in [6, 6.07) is 13.3. The second-order valence-electron chi connectivity index (χ2n) is 6.51. The van der Waals surface area contributed by atoms with Crippen LogP contribution in [0.2, 0.25) is 0 Å². The van der Waals surface area contributed by atoms with Crippen LogP contribution < -0.4 is 9.46 Å². The largest absolute Gasteiger partial charge is 0.496 e. The number of ether oxygens (including phenoxy) is 1. The summed E-state index contributed by atoms with van der Waals surface area (Å²) in [5.74, 6) is 0.586. The molecule has 0 radical (unpaired) electrons. The average molecular weight is 388 g/mol. The Bertz CT molecular complexity index is 888. The molecule has 1 aliphatic rings. The van der Waals surface area contributed by atoms with Crippen molar-refractivity contribution in [1.29, 1.82) is 0 Å². The SMILES string of the molecule is COc1ccccc1CNS(=O)(=O)c1ccc(C(=O)N2CCCCC2)cc1. The first-order valence-corrected chi connectivity index (χ1v) is 10.5. The van der Waals surface area contributed by atoms with Crippen LogP contribution in [0.4, 0.5) is 0 Å². The maximum atomic E-state index is 12.5. The van der Waals surface area contributed by atoms with E-state index in [9.17, 15) is 13.2 Å². The molecule has 3 rings (SSSR count). The fraction of sp³-hybridized carbons (Fsp3) is 0.350. The Morgan fingerprint density at radius 1 is 1.04 bits per heavy atom. The minimum Gasteiger partial charge on any atom is -0.496 e. The van der Waals surface area contributed by atoms with Crippen molar-refractivity contribution >= 4 is 15.9 Å². The fourth-order valence-corrected chi connectivity index (χ4v) is 4.17. The number of carbonyl (C=O) groups excluding carboxylic acids is 1. The highest BCUT2D eigenvalue weighted by atomic mass is 32.2. The van der Waals surface area contributed by atoms with Gasteiger partial charge in [0.15, 0.2) is 0 Å². The Balaban J connectivity index is 1.68. The molecule has 1 fully saturated rings. The zero-order valence-electron chi connectivity index (χ0n) is 15.3. The van der Waals surface area contributed by atoms with Crippen LogP contribution in [0.1, 0.15) is 35.2 Å². The van der Waals surface area contributed by atoms with E-state index in [0.29, 0.717) is 11.3 Å². The first-order valence-electron chi connectivity index (χ1n) is 9.02. The van der Waals surface area contributed by atoms with Gasteiger partial charge in [-0.1, -0.05) is 18.2 Å². The van der Waals surface area contributed by atoms with Crippen molar-refractivity contribution in [2.75, 3.05) is 20.2 Å². The summed E-state index contributed by atoms with van der Waals surface area (Å²) in [5, 5.41) is 0. The Kier molecular flexibility index (Phi) is 6.13. The summed E-state index contributed by atoms with van der Waals surface area (Å²) >= 11 is 0.